The van der Waals surface area contributed by atoms with Crippen LogP contribution < -0.4 is 9.62 Å². The van der Waals surface area contributed by atoms with Gasteiger partial charge >= 0.3 is 0 Å². The minimum absolute atomic E-state index is 0.0228. The van der Waals surface area contributed by atoms with Crippen molar-refractivity contribution in [2.45, 2.75) is 50.6 Å². The number of amides is 2. The molecule has 0 saturated carbocycles. The van der Waals surface area contributed by atoms with Gasteiger partial charge in [0, 0.05) is 19.5 Å². The molecule has 230 valence electrons. The van der Waals surface area contributed by atoms with Crippen LogP contribution in [0, 0.1) is 12.7 Å². The number of unbranched alkanes of at least 4 members (excludes halogenated alkanes) is 1. The standard InChI is InChI=1S/C35H38FN3O4S/c1-3-4-23-37-35(41)33(24-28-11-7-5-8-12-28)38(25-29-17-19-30(36)20-18-29)34(40)26-39(31-13-9-6-10-14-31)44(42,43)32-21-15-27(2)16-22-32/h5-22,33H,3-4,23-26H2,1-2H3,(H,37,41)/t33-/m1/s1. The van der Waals surface area contributed by atoms with Crippen LogP contribution in [-0.2, 0) is 32.6 Å². The second kappa shape index (κ2) is 15.3. The van der Waals surface area contributed by atoms with E-state index in [1.807, 2.05) is 44.2 Å². The largest absolute Gasteiger partial charge is 0.354 e. The summed E-state index contributed by atoms with van der Waals surface area (Å²) in [6.07, 6.45) is 1.86. The molecule has 7 nitrogen and oxygen atoms in total. The molecule has 0 aliphatic carbocycles. The summed E-state index contributed by atoms with van der Waals surface area (Å²) in [6, 6.07) is 29.0. The Balaban J connectivity index is 1.76. The minimum Gasteiger partial charge on any atom is -0.354 e. The third-order valence-corrected chi connectivity index (χ3v) is 9.09. The summed E-state index contributed by atoms with van der Waals surface area (Å²) in [5.74, 6) is -1.34. The predicted octanol–water partition coefficient (Wildman–Crippen LogP) is 5.89. The summed E-state index contributed by atoms with van der Waals surface area (Å²) in [5.41, 5.74) is 2.66. The highest BCUT2D eigenvalue weighted by molar-refractivity contribution is 7.92. The van der Waals surface area contributed by atoms with E-state index in [1.165, 1.54) is 29.2 Å². The molecule has 1 atom stereocenters. The average Bonchev–Trinajstić information content (AvgIpc) is 3.03. The van der Waals surface area contributed by atoms with E-state index >= 15 is 0 Å². The van der Waals surface area contributed by atoms with Gasteiger partial charge in [0.2, 0.25) is 11.8 Å². The molecule has 0 fully saturated rings. The monoisotopic (exact) mass is 615 g/mol. The molecule has 0 aliphatic heterocycles. The van der Waals surface area contributed by atoms with Crippen LogP contribution in [0.4, 0.5) is 10.1 Å². The first-order chi connectivity index (χ1) is 21.2. The number of nitrogens with one attached hydrogen (secondary N) is 1. The summed E-state index contributed by atoms with van der Waals surface area (Å²) in [7, 11) is -4.16. The highest BCUT2D eigenvalue weighted by Crippen LogP contribution is 2.25. The van der Waals surface area contributed by atoms with Crippen molar-refractivity contribution >= 4 is 27.5 Å². The van der Waals surface area contributed by atoms with Crippen molar-refractivity contribution in [1.82, 2.24) is 10.2 Å². The number of nitrogens with zero attached hydrogens (tertiary/aromatic N) is 2. The van der Waals surface area contributed by atoms with Gasteiger partial charge in [-0.3, -0.25) is 13.9 Å². The van der Waals surface area contributed by atoms with Gasteiger partial charge in [0.25, 0.3) is 10.0 Å². The number of halogens is 1. The molecule has 0 aliphatic rings. The van der Waals surface area contributed by atoms with E-state index in [1.54, 1.807) is 54.6 Å². The molecule has 4 aromatic carbocycles. The van der Waals surface area contributed by atoms with Crippen LogP contribution >= 0.6 is 0 Å². The van der Waals surface area contributed by atoms with Gasteiger partial charge in [-0.2, -0.15) is 0 Å². The average molecular weight is 616 g/mol. The minimum atomic E-state index is -4.16. The third kappa shape index (κ3) is 8.54. The molecular weight excluding hydrogens is 577 g/mol. The first-order valence-corrected chi connectivity index (χ1v) is 16.1. The Morgan fingerprint density at radius 2 is 1.43 bits per heavy atom. The van der Waals surface area contributed by atoms with Crippen molar-refractivity contribution in [3.05, 3.63) is 132 Å². The Bertz CT molecular complexity index is 1610. The molecule has 4 aromatic rings. The van der Waals surface area contributed by atoms with Crippen LogP contribution in [0.5, 0.6) is 0 Å². The summed E-state index contributed by atoms with van der Waals surface area (Å²) in [6.45, 7) is 3.75. The van der Waals surface area contributed by atoms with Gasteiger partial charge in [0.1, 0.15) is 18.4 Å². The number of sulfonamides is 1. The number of carbonyl (C=O) groups excluding carboxylic acids is 2. The predicted molar refractivity (Wildman–Crippen MR) is 171 cm³/mol. The number of rotatable bonds is 14. The van der Waals surface area contributed by atoms with E-state index in [0.29, 0.717) is 17.8 Å². The summed E-state index contributed by atoms with van der Waals surface area (Å²) in [5, 5.41) is 2.96. The number of hydrogen-bond acceptors (Lipinski definition) is 4. The van der Waals surface area contributed by atoms with Crippen molar-refractivity contribution in [3.63, 3.8) is 0 Å². The molecule has 44 heavy (non-hydrogen) atoms. The van der Waals surface area contributed by atoms with Crippen LogP contribution in [0.15, 0.2) is 114 Å². The van der Waals surface area contributed by atoms with Crippen LogP contribution in [0.3, 0.4) is 0 Å². The van der Waals surface area contributed by atoms with Crippen molar-refractivity contribution in [3.8, 4) is 0 Å². The Morgan fingerprint density at radius 3 is 2.05 bits per heavy atom. The summed E-state index contributed by atoms with van der Waals surface area (Å²) < 4.78 is 42.9. The zero-order valence-electron chi connectivity index (χ0n) is 25.0. The van der Waals surface area contributed by atoms with Gasteiger partial charge in [-0.1, -0.05) is 91.7 Å². The second-order valence-electron chi connectivity index (χ2n) is 10.7. The molecule has 0 heterocycles. The van der Waals surface area contributed by atoms with Gasteiger partial charge in [-0.05, 0) is 60.9 Å². The Labute approximate surface area is 259 Å². The first kappa shape index (κ1) is 32.4. The second-order valence-corrected chi connectivity index (χ2v) is 12.5. The number of hydrogen-bond donors (Lipinski definition) is 1. The molecule has 0 radical (unpaired) electrons. The van der Waals surface area contributed by atoms with Gasteiger partial charge in [-0.25, -0.2) is 12.8 Å². The maximum atomic E-state index is 14.4. The molecular formula is C35H38FN3O4S. The molecule has 9 heteroatoms. The van der Waals surface area contributed by atoms with Crippen molar-refractivity contribution < 1.29 is 22.4 Å². The number of carbonyl (C=O) groups is 2. The normalized spacial score (nSPS) is 11.9. The van der Waals surface area contributed by atoms with Crippen LogP contribution in [0.2, 0.25) is 0 Å². The van der Waals surface area contributed by atoms with Gasteiger partial charge in [0.15, 0.2) is 0 Å². The van der Waals surface area contributed by atoms with Crippen molar-refractivity contribution in [2.75, 3.05) is 17.4 Å². The van der Waals surface area contributed by atoms with E-state index in [4.69, 9.17) is 0 Å². The Morgan fingerprint density at radius 1 is 0.818 bits per heavy atom. The topological polar surface area (TPSA) is 86.8 Å². The maximum Gasteiger partial charge on any atom is 0.264 e. The Hall–Kier alpha value is -4.50. The summed E-state index contributed by atoms with van der Waals surface area (Å²) >= 11 is 0. The molecule has 0 spiro atoms. The first-order valence-electron chi connectivity index (χ1n) is 14.7. The van der Waals surface area contributed by atoms with E-state index in [-0.39, 0.29) is 23.8 Å². The van der Waals surface area contributed by atoms with E-state index in [0.717, 1.165) is 28.3 Å². The quantitative estimate of drug-likeness (QED) is 0.179. The van der Waals surface area contributed by atoms with Gasteiger partial charge in [-0.15, -0.1) is 0 Å². The Kier molecular flexibility index (Phi) is 11.3. The molecule has 4 rings (SSSR count). The molecule has 0 saturated heterocycles. The van der Waals surface area contributed by atoms with Crippen molar-refractivity contribution in [1.29, 1.82) is 0 Å². The maximum absolute atomic E-state index is 14.4. The lowest BCUT2D eigenvalue weighted by Gasteiger charge is -2.34. The molecule has 0 aromatic heterocycles. The summed E-state index contributed by atoms with van der Waals surface area (Å²) in [4.78, 5) is 29.5. The van der Waals surface area contributed by atoms with E-state index in [2.05, 4.69) is 5.32 Å². The van der Waals surface area contributed by atoms with E-state index in [9.17, 15) is 22.4 Å². The number of benzene rings is 4. The van der Waals surface area contributed by atoms with Crippen LogP contribution in [0.25, 0.3) is 0 Å². The van der Waals surface area contributed by atoms with Crippen LogP contribution in [0.1, 0.15) is 36.5 Å². The highest BCUT2D eigenvalue weighted by Gasteiger charge is 2.34. The zero-order valence-corrected chi connectivity index (χ0v) is 25.8. The molecule has 0 unspecified atom stereocenters. The highest BCUT2D eigenvalue weighted by atomic mass is 32.2. The fourth-order valence-electron chi connectivity index (χ4n) is 4.81. The third-order valence-electron chi connectivity index (χ3n) is 7.30. The van der Waals surface area contributed by atoms with Gasteiger partial charge < -0.3 is 10.2 Å². The lowest BCUT2D eigenvalue weighted by Crippen LogP contribution is -2.53. The fraction of sp³-hybridized carbons (Fsp3) is 0.257. The zero-order chi connectivity index (χ0) is 31.5. The lowest BCUT2D eigenvalue weighted by molar-refractivity contribution is -0.140. The fourth-order valence-corrected chi connectivity index (χ4v) is 6.22. The smallest absolute Gasteiger partial charge is 0.264 e. The molecule has 2 amide bonds. The van der Waals surface area contributed by atoms with Crippen LogP contribution in [-0.4, -0.2) is 44.3 Å². The van der Waals surface area contributed by atoms with Crippen molar-refractivity contribution in [2.24, 2.45) is 0 Å². The number of anilines is 1. The molecule has 0 bridgehead atoms. The molecule has 1 N–H and O–H groups in total. The number of para-hydroxylation sites is 1. The SMILES string of the molecule is CCCCNC(=O)[C@@H](Cc1ccccc1)N(Cc1ccc(F)cc1)C(=O)CN(c1ccccc1)S(=O)(=O)c1ccc(C)cc1. The number of aryl methyl sites for hydroxylation is 1. The lowest BCUT2D eigenvalue weighted by atomic mass is 10.0. The van der Waals surface area contributed by atoms with E-state index < -0.39 is 34.3 Å². The van der Waals surface area contributed by atoms with Gasteiger partial charge in [0.05, 0.1) is 10.6 Å².